The van der Waals surface area contributed by atoms with Crippen LogP contribution in [0.3, 0.4) is 0 Å². The van der Waals surface area contributed by atoms with Crippen molar-refractivity contribution in [2.24, 2.45) is 0 Å². The Morgan fingerprint density at radius 3 is 1.89 bits per heavy atom. The highest BCUT2D eigenvalue weighted by Gasteiger charge is 2.17. The summed E-state index contributed by atoms with van der Waals surface area (Å²) in [6, 6.07) is 0. The molecular formula is C12H19NO5S. The average molecular weight is 289 g/mol. The highest BCUT2D eigenvalue weighted by molar-refractivity contribution is 7.84. The van der Waals surface area contributed by atoms with Gasteiger partial charge in [-0.15, -0.1) is 0 Å². The van der Waals surface area contributed by atoms with Crippen molar-refractivity contribution < 1.29 is 28.2 Å². The van der Waals surface area contributed by atoms with E-state index in [1.165, 1.54) is 0 Å². The Bertz CT molecular complexity index is 571. The average Bonchev–Trinajstić information content (AvgIpc) is 2.28. The minimum Gasteiger partial charge on any atom is -0.748 e. The van der Waals surface area contributed by atoms with Crippen molar-refractivity contribution in [1.29, 1.82) is 0 Å². The highest BCUT2D eigenvalue weighted by Crippen LogP contribution is 2.32. The Labute approximate surface area is 113 Å². The fraction of sp³-hybridized carbons (Fsp3) is 0.417. The summed E-state index contributed by atoms with van der Waals surface area (Å²) in [5.74, 6) is 0.646. The van der Waals surface area contributed by atoms with E-state index in [4.69, 9.17) is 17.7 Å². The van der Waals surface area contributed by atoms with Gasteiger partial charge in [0.05, 0.1) is 28.4 Å². The van der Waals surface area contributed by atoms with Crippen LogP contribution in [-0.4, -0.2) is 32.6 Å². The molecule has 0 aliphatic heterocycles. The van der Waals surface area contributed by atoms with E-state index >= 15 is 0 Å². The molecule has 0 aromatic heterocycles. The zero-order chi connectivity index (χ0) is 15.4. The number of carbonyl (C=O) groups excluding carboxylic acids is 1. The molecule has 19 heavy (non-hydrogen) atoms. The van der Waals surface area contributed by atoms with Gasteiger partial charge in [0.2, 0.25) is 0 Å². The van der Waals surface area contributed by atoms with Gasteiger partial charge in [0, 0.05) is 11.8 Å². The molecule has 0 unspecified atom stereocenters. The summed E-state index contributed by atoms with van der Waals surface area (Å²) in [6.07, 6.45) is 1.45. The number of quaternary nitrogens is 1. The number of aldehydes is 1. The highest BCUT2D eigenvalue weighted by atomic mass is 32.2. The van der Waals surface area contributed by atoms with Gasteiger partial charge in [0.25, 0.3) is 0 Å². The van der Waals surface area contributed by atoms with Crippen LogP contribution in [0.25, 0.3) is 0 Å². The zero-order valence-corrected chi connectivity index (χ0v) is 12.6. The smallest absolute Gasteiger partial charge is 0.154 e. The van der Waals surface area contributed by atoms with Gasteiger partial charge in [-0.05, 0) is 26.3 Å². The molecule has 0 amide bonds. The van der Waals surface area contributed by atoms with Gasteiger partial charge >= 0.3 is 0 Å². The first-order valence-electron chi connectivity index (χ1n) is 5.40. The Morgan fingerprint density at radius 1 is 1.16 bits per heavy atom. The molecule has 6 nitrogen and oxygen atoms in total. The quantitative estimate of drug-likeness (QED) is 0.628. The normalized spacial score (nSPS) is 10.5. The second-order valence-electron chi connectivity index (χ2n) is 4.12. The van der Waals surface area contributed by atoms with Gasteiger partial charge in [-0.25, -0.2) is 8.42 Å². The van der Waals surface area contributed by atoms with E-state index in [0.29, 0.717) is 17.6 Å². The van der Waals surface area contributed by atoms with Crippen molar-refractivity contribution in [3.63, 3.8) is 0 Å². The van der Waals surface area contributed by atoms with Crippen molar-refractivity contribution >= 4 is 22.1 Å². The third-order valence-electron chi connectivity index (χ3n) is 2.78. The molecule has 0 fully saturated rings. The molecule has 0 saturated carbocycles. The predicted octanol–water partition coefficient (Wildman–Crippen LogP) is 0.468. The summed E-state index contributed by atoms with van der Waals surface area (Å²) in [5.41, 5.74) is 8.51. The third-order valence-corrected chi connectivity index (χ3v) is 2.78. The number of rotatable bonds is 2. The second kappa shape index (κ2) is 6.65. The van der Waals surface area contributed by atoms with Crippen LogP contribution in [0.5, 0.6) is 5.75 Å². The molecule has 0 heterocycles. The molecule has 3 N–H and O–H groups in total. The fourth-order valence-electron chi connectivity index (χ4n) is 1.62. The van der Waals surface area contributed by atoms with Crippen molar-refractivity contribution in [1.82, 2.24) is 0 Å². The first-order valence-corrected chi connectivity index (χ1v) is 7.22. The lowest BCUT2D eigenvalue weighted by atomic mass is 9.97. The van der Waals surface area contributed by atoms with Crippen molar-refractivity contribution in [3.05, 3.63) is 22.3 Å². The molecule has 1 aromatic rings. The van der Waals surface area contributed by atoms with Crippen molar-refractivity contribution in [3.8, 4) is 5.75 Å². The van der Waals surface area contributed by atoms with Crippen LogP contribution < -0.4 is 10.5 Å². The van der Waals surface area contributed by atoms with E-state index in [0.717, 1.165) is 28.7 Å². The van der Waals surface area contributed by atoms with E-state index in [1.807, 2.05) is 20.8 Å². The van der Waals surface area contributed by atoms with E-state index in [1.54, 1.807) is 7.11 Å². The Morgan fingerprint density at radius 2 is 1.58 bits per heavy atom. The molecule has 1 aromatic carbocycles. The van der Waals surface area contributed by atoms with E-state index in [-0.39, 0.29) is 0 Å². The summed E-state index contributed by atoms with van der Waals surface area (Å²) >= 11 is 0. The summed E-state index contributed by atoms with van der Waals surface area (Å²) in [4.78, 5) is 10.9. The van der Waals surface area contributed by atoms with Crippen molar-refractivity contribution in [2.45, 2.75) is 20.8 Å². The number of ether oxygens (including phenoxy) is 1. The van der Waals surface area contributed by atoms with Crippen LogP contribution in [0, 0.1) is 20.8 Å². The molecule has 0 radical (unpaired) electrons. The molecule has 0 atom stereocenters. The third kappa shape index (κ3) is 4.98. The SMILES string of the molecule is COc1c(C)c([NH3+])c(C)c(C)c1C=O.CS(=O)(=O)[O-]. The van der Waals surface area contributed by atoms with Crippen LogP contribution >= 0.6 is 0 Å². The molecule has 7 heteroatoms. The van der Waals surface area contributed by atoms with Gasteiger partial charge in [-0.1, -0.05) is 0 Å². The molecule has 108 valence electrons. The number of methoxy groups -OCH3 is 1. The molecule has 0 aliphatic rings. The maximum atomic E-state index is 10.9. The maximum Gasteiger partial charge on any atom is 0.154 e. The molecule has 0 saturated heterocycles. The minimum absolute atomic E-state index is 0.604. The summed E-state index contributed by atoms with van der Waals surface area (Å²) < 4.78 is 32.4. The largest absolute Gasteiger partial charge is 0.748 e. The zero-order valence-electron chi connectivity index (χ0n) is 11.7. The summed E-state index contributed by atoms with van der Waals surface area (Å²) in [7, 11) is -2.34. The number of benzene rings is 1. The fourth-order valence-corrected chi connectivity index (χ4v) is 1.62. The number of carbonyl (C=O) groups is 1. The van der Waals surface area contributed by atoms with Crippen LogP contribution in [0.15, 0.2) is 0 Å². The van der Waals surface area contributed by atoms with Crippen LogP contribution in [-0.2, 0) is 10.1 Å². The monoisotopic (exact) mass is 289 g/mol. The minimum atomic E-state index is -3.92. The van der Waals surface area contributed by atoms with E-state index in [2.05, 4.69) is 5.73 Å². The predicted molar refractivity (Wildman–Crippen MR) is 70.8 cm³/mol. The van der Waals surface area contributed by atoms with Gasteiger partial charge in [-0.2, -0.15) is 0 Å². The topological polar surface area (TPSA) is 111 Å². The van der Waals surface area contributed by atoms with Gasteiger partial charge in [0.1, 0.15) is 11.4 Å². The van der Waals surface area contributed by atoms with Gasteiger partial charge in [0.15, 0.2) is 6.29 Å². The van der Waals surface area contributed by atoms with Gasteiger partial charge < -0.3 is 15.0 Å². The van der Waals surface area contributed by atoms with Crippen LogP contribution in [0.1, 0.15) is 27.0 Å². The summed E-state index contributed by atoms with van der Waals surface area (Å²) in [6.45, 7) is 5.80. The Kier molecular flexibility index (Phi) is 6.14. The van der Waals surface area contributed by atoms with Crippen molar-refractivity contribution in [2.75, 3.05) is 13.4 Å². The standard InChI is InChI=1S/C11H15NO2.CH4O3S/c1-6-7(2)10(12)8(3)11(14-4)9(6)5-13;1-5(2,3)4/h5H,12H2,1-4H3;1H3,(H,2,3,4). The molecular weight excluding hydrogens is 270 g/mol. The molecule has 1 rings (SSSR count). The first-order chi connectivity index (χ1) is 8.54. The molecule has 0 aliphatic carbocycles. The van der Waals surface area contributed by atoms with E-state index in [9.17, 15) is 4.79 Å². The lowest BCUT2D eigenvalue weighted by Crippen LogP contribution is -2.42. The Balaban J connectivity index is 0.000000555. The lowest BCUT2D eigenvalue weighted by molar-refractivity contribution is -0.256. The van der Waals surface area contributed by atoms with E-state index < -0.39 is 10.1 Å². The number of hydrogen-bond donors (Lipinski definition) is 1. The van der Waals surface area contributed by atoms with Crippen LogP contribution in [0.2, 0.25) is 0 Å². The number of hydrogen-bond acceptors (Lipinski definition) is 5. The van der Waals surface area contributed by atoms with Crippen LogP contribution in [0.4, 0.5) is 5.69 Å². The lowest BCUT2D eigenvalue weighted by Gasteiger charge is -2.13. The molecule has 0 spiro atoms. The van der Waals surface area contributed by atoms with Gasteiger partial charge in [-0.3, -0.25) is 4.79 Å². The first kappa shape index (κ1) is 17.6. The Hall–Kier alpha value is -1.44. The maximum absolute atomic E-state index is 10.9. The molecule has 0 bridgehead atoms. The second-order valence-corrected chi connectivity index (χ2v) is 5.53. The summed E-state index contributed by atoms with van der Waals surface area (Å²) in [5, 5.41) is 0.